The number of nitrogens with one attached hydrogen (secondary N) is 1. The molecule has 0 aliphatic carbocycles. The van der Waals surface area contributed by atoms with Gasteiger partial charge in [-0.25, -0.2) is 0 Å². The third kappa shape index (κ3) is 2.66. The second-order valence-corrected chi connectivity index (χ2v) is 3.61. The van der Waals surface area contributed by atoms with Crippen LogP contribution in [0.15, 0.2) is 18.2 Å². The lowest BCUT2D eigenvalue weighted by Crippen LogP contribution is -2.21. The maximum atomic E-state index is 12.5. The second-order valence-electron chi connectivity index (χ2n) is 3.23. The molecule has 1 aromatic rings. The van der Waals surface area contributed by atoms with Gasteiger partial charge in [-0.3, -0.25) is 0 Å². The minimum absolute atomic E-state index is 0.237. The molecule has 0 bridgehead atoms. The summed E-state index contributed by atoms with van der Waals surface area (Å²) >= 11 is 5.67. The number of alkyl halides is 3. The number of halogens is 4. The van der Waals surface area contributed by atoms with Crippen LogP contribution in [0.3, 0.4) is 0 Å². The van der Waals surface area contributed by atoms with E-state index in [0.717, 1.165) is 6.07 Å². The molecule has 0 fully saturated rings. The summed E-state index contributed by atoms with van der Waals surface area (Å²) in [7, 11) is 1.54. The van der Waals surface area contributed by atoms with Gasteiger partial charge in [-0.15, -0.1) is 0 Å². The lowest BCUT2D eigenvalue weighted by molar-refractivity contribution is -0.137. The molecule has 0 unspecified atom stereocenters. The third-order valence-electron chi connectivity index (χ3n) is 2.24. The number of hydrogen-bond acceptors (Lipinski definition) is 2. The third-order valence-corrected chi connectivity index (χ3v) is 2.66. The van der Waals surface area contributed by atoms with Crippen LogP contribution >= 0.6 is 11.6 Å². The smallest absolute Gasteiger partial charge is 0.394 e. The molecule has 0 aliphatic heterocycles. The molecule has 1 rings (SSSR count). The van der Waals surface area contributed by atoms with Crippen LogP contribution in [0.5, 0.6) is 0 Å². The van der Waals surface area contributed by atoms with Crippen molar-refractivity contribution in [3.8, 4) is 0 Å². The van der Waals surface area contributed by atoms with Gasteiger partial charge in [0.05, 0.1) is 23.2 Å². The van der Waals surface area contributed by atoms with E-state index in [-0.39, 0.29) is 17.2 Å². The van der Waals surface area contributed by atoms with Crippen LogP contribution in [0.2, 0.25) is 5.02 Å². The van der Waals surface area contributed by atoms with Crippen molar-refractivity contribution in [3.63, 3.8) is 0 Å². The number of benzene rings is 1. The monoisotopic (exact) mass is 253 g/mol. The average Bonchev–Trinajstić information content (AvgIpc) is 2.20. The lowest BCUT2D eigenvalue weighted by Gasteiger charge is -2.18. The zero-order chi connectivity index (χ0) is 12.3. The number of likely N-dealkylation sites (N-methyl/N-ethyl adjacent to an activating group) is 1. The Labute approximate surface area is 96.0 Å². The highest BCUT2D eigenvalue weighted by molar-refractivity contribution is 6.32. The van der Waals surface area contributed by atoms with E-state index in [1.165, 1.54) is 19.2 Å². The van der Waals surface area contributed by atoms with Crippen molar-refractivity contribution in [2.75, 3.05) is 13.7 Å². The average molecular weight is 254 g/mol. The summed E-state index contributed by atoms with van der Waals surface area (Å²) < 4.78 is 37.6. The summed E-state index contributed by atoms with van der Waals surface area (Å²) in [4.78, 5) is 0. The standard InChI is InChI=1S/C10H11ClF3NO/c1-15-8(5-16)6-3-2-4-7(9(6)11)10(12,13)14/h2-4,8,15-16H,5H2,1H3/t8-/m0/s1. The van der Waals surface area contributed by atoms with Gasteiger partial charge in [0.2, 0.25) is 0 Å². The quantitative estimate of drug-likeness (QED) is 0.868. The minimum Gasteiger partial charge on any atom is -0.394 e. The molecule has 6 heteroatoms. The maximum Gasteiger partial charge on any atom is 0.417 e. The summed E-state index contributed by atoms with van der Waals surface area (Å²) in [5, 5.41) is 11.3. The van der Waals surface area contributed by atoms with E-state index in [4.69, 9.17) is 16.7 Å². The molecule has 0 aliphatic rings. The predicted octanol–water partition coefficient (Wildman–Crippen LogP) is 2.61. The fraction of sp³-hybridized carbons (Fsp3) is 0.400. The van der Waals surface area contributed by atoms with Crippen molar-refractivity contribution in [2.24, 2.45) is 0 Å². The van der Waals surface area contributed by atoms with Gasteiger partial charge in [0.1, 0.15) is 0 Å². The van der Waals surface area contributed by atoms with Gasteiger partial charge in [0.25, 0.3) is 0 Å². The first kappa shape index (κ1) is 13.3. The molecule has 2 N–H and O–H groups in total. The molecule has 16 heavy (non-hydrogen) atoms. The lowest BCUT2D eigenvalue weighted by atomic mass is 10.0. The van der Waals surface area contributed by atoms with Crippen LogP contribution in [-0.4, -0.2) is 18.8 Å². The molecule has 0 saturated carbocycles. The Kier molecular flexibility index (Phi) is 4.18. The van der Waals surface area contributed by atoms with Gasteiger partial charge in [-0.1, -0.05) is 23.7 Å². The molecule has 2 nitrogen and oxygen atoms in total. The Morgan fingerprint density at radius 1 is 1.44 bits per heavy atom. The van der Waals surface area contributed by atoms with E-state index in [1.807, 2.05) is 0 Å². The SMILES string of the molecule is CN[C@@H](CO)c1cccc(C(F)(F)F)c1Cl. The Bertz CT molecular complexity index is 364. The van der Waals surface area contributed by atoms with Gasteiger partial charge < -0.3 is 10.4 Å². The number of rotatable bonds is 3. The van der Waals surface area contributed by atoms with Crippen LogP contribution in [0.1, 0.15) is 17.2 Å². The second kappa shape index (κ2) is 5.03. The van der Waals surface area contributed by atoms with Crippen LogP contribution in [0.25, 0.3) is 0 Å². The summed E-state index contributed by atoms with van der Waals surface area (Å²) in [6.07, 6.45) is -4.49. The first-order valence-corrected chi connectivity index (χ1v) is 4.93. The Balaban J connectivity index is 3.23. The fourth-order valence-corrected chi connectivity index (χ4v) is 1.75. The first-order valence-electron chi connectivity index (χ1n) is 4.55. The first-order chi connectivity index (χ1) is 7.41. The van der Waals surface area contributed by atoms with Crippen LogP contribution in [-0.2, 0) is 6.18 Å². The summed E-state index contributed by atoms with van der Waals surface area (Å²) in [6, 6.07) is 3.03. The van der Waals surface area contributed by atoms with Gasteiger partial charge in [-0.2, -0.15) is 13.2 Å². The minimum atomic E-state index is -4.49. The molecular formula is C10H11ClF3NO. The number of aliphatic hydroxyl groups excluding tert-OH is 1. The summed E-state index contributed by atoms with van der Waals surface area (Å²) in [6.45, 7) is -0.322. The molecular weight excluding hydrogens is 243 g/mol. The number of aliphatic hydroxyl groups is 1. The zero-order valence-corrected chi connectivity index (χ0v) is 9.23. The summed E-state index contributed by atoms with van der Waals surface area (Å²) in [5.41, 5.74) is -0.651. The number of hydrogen-bond donors (Lipinski definition) is 2. The highest BCUT2D eigenvalue weighted by Gasteiger charge is 2.34. The van der Waals surface area contributed by atoms with Gasteiger partial charge in [0.15, 0.2) is 0 Å². The van der Waals surface area contributed by atoms with E-state index < -0.39 is 17.8 Å². The Hall–Kier alpha value is -0.780. The molecule has 0 spiro atoms. The van der Waals surface area contributed by atoms with Crippen LogP contribution in [0, 0.1) is 0 Å². The summed E-state index contributed by atoms with van der Waals surface area (Å²) in [5.74, 6) is 0. The van der Waals surface area contributed by atoms with Crippen molar-refractivity contribution >= 4 is 11.6 Å². The van der Waals surface area contributed by atoms with Gasteiger partial charge in [0, 0.05) is 0 Å². The van der Waals surface area contributed by atoms with Crippen molar-refractivity contribution < 1.29 is 18.3 Å². The Morgan fingerprint density at radius 2 is 2.06 bits per heavy atom. The molecule has 0 heterocycles. The maximum absolute atomic E-state index is 12.5. The van der Waals surface area contributed by atoms with E-state index in [9.17, 15) is 13.2 Å². The van der Waals surface area contributed by atoms with Crippen LogP contribution in [0.4, 0.5) is 13.2 Å². The van der Waals surface area contributed by atoms with E-state index in [1.54, 1.807) is 0 Å². The molecule has 0 amide bonds. The van der Waals surface area contributed by atoms with Gasteiger partial charge >= 0.3 is 6.18 Å². The predicted molar refractivity (Wildman–Crippen MR) is 55.3 cm³/mol. The van der Waals surface area contributed by atoms with Gasteiger partial charge in [-0.05, 0) is 18.7 Å². The van der Waals surface area contributed by atoms with E-state index >= 15 is 0 Å². The highest BCUT2D eigenvalue weighted by Crippen LogP contribution is 2.37. The van der Waals surface area contributed by atoms with Crippen molar-refractivity contribution in [1.29, 1.82) is 0 Å². The molecule has 0 aromatic heterocycles. The van der Waals surface area contributed by atoms with E-state index in [2.05, 4.69) is 5.32 Å². The molecule has 1 aromatic carbocycles. The Morgan fingerprint density at radius 3 is 2.50 bits per heavy atom. The normalized spacial score (nSPS) is 13.9. The molecule has 1 atom stereocenters. The highest BCUT2D eigenvalue weighted by atomic mass is 35.5. The van der Waals surface area contributed by atoms with Crippen molar-refractivity contribution in [3.05, 3.63) is 34.3 Å². The topological polar surface area (TPSA) is 32.3 Å². The van der Waals surface area contributed by atoms with Crippen LogP contribution < -0.4 is 5.32 Å². The largest absolute Gasteiger partial charge is 0.417 e. The fourth-order valence-electron chi connectivity index (χ4n) is 1.38. The van der Waals surface area contributed by atoms with Crippen molar-refractivity contribution in [2.45, 2.75) is 12.2 Å². The molecule has 90 valence electrons. The zero-order valence-electron chi connectivity index (χ0n) is 8.48. The van der Waals surface area contributed by atoms with E-state index in [0.29, 0.717) is 0 Å². The molecule has 0 saturated heterocycles. The van der Waals surface area contributed by atoms with Crippen molar-refractivity contribution in [1.82, 2.24) is 5.32 Å². The molecule has 0 radical (unpaired) electrons.